The Balaban J connectivity index is 1.35. The minimum Gasteiger partial charge on any atom is -0.492 e. The average molecular weight is 484 g/mol. The first-order chi connectivity index (χ1) is 17.5. The summed E-state index contributed by atoms with van der Waals surface area (Å²) < 4.78 is 8.32. The highest BCUT2D eigenvalue weighted by Crippen LogP contribution is 2.22. The molecule has 1 N–H and O–H groups in total. The van der Waals surface area contributed by atoms with Crippen molar-refractivity contribution in [1.82, 2.24) is 14.9 Å². The molecule has 4 rings (SSSR count). The molecule has 0 aliphatic carbocycles. The van der Waals surface area contributed by atoms with Crippen LogP contribution in [-0.4, -0.2) is 28.6 Å². The molecule has 1 unspecified atom stereocenters. The molecule has 0 fully saturated rings. The molecule has 5 nitrogen and oxygen atoms in total. The first-order valence-corrected chi connectivity index (χ1v) is 13.0. The van der Waals surface area contributed by atoms with Crippen LogP contribution in [0, 0.1) is 13.8 Å². The van der Waals surface area contributed by atoms with Gasteiger partial charge in [0.1, 0.15) is 18.2 Å². The number of benzene rings is 3. The molecule has 1 atom stereocenters. The molecule has 0 bridgehead atoms. The van der Waals surface area contributed by atoms with Gasteiger partial charge in [0.05, 0.1) is 17.6 Å². The molecule has 188 valence electrons. The predicted molar refractivity (Wildman–Crippen MR) is 147 cm³/mol. The van der Waals surface area contributed by atoms with Crippen molar-refractivity contribution in [3.63, 3.8) is 0 Å². The summed E-state index contributed by atoms with van der Waals surface area (Å²) in [5, 5.41) is 3.06. The third-order valence-electron chi connectivity index (χ3n) is 6.87. The lowest BCUT2D eigenvalue weighted by Crippen LogP contribution is -2.25. The van der Waals surface area contributed by atoms with Crippen LogP contribution >= 0.6 is 0 Å². The zero-order chi connectivity index (χ0) is 25.5. The van der Waals surface area contributed by atoms with Crippen LogP contribution in [0.25, 0.3) is 11.0 Å². The zero-order valence-corrected chi connectivity index (χ0v) is 21.9. The van der Waals surface area contributed by atoms with E-state index in [9.17, 15) is 4.79 Å². The lowest BCUT2D eigenvalue weighted by Gasteiger charge is -2.13. The van der Waals surface area contributed by atoms with Crippen molar-refractivity contribution < 1.29 is 9.53 Å². The van der Waals surface area contributed by atoms with Crippen LogP contribution in [0.2, 0.25) is 0 Å². The quantitative estimate of drug-likeness (QED) is 0.244. The van der Waals surface area contributed by atoms with E-state index in [4.69, 9.17) is 9.72 Å². The largest absolute Gasteiger partial charge is 0.492 e. The van der Waals surface area contributed by atoms with Crippen LogP contribution in [0.15, 0.2) is 66.7 Å². The fourth-order valence-corrected chi connectivity index (χ4v) is 4.56. The number of para-hydroxylation sites is 2. The first-order valence-electron chi connectivity index (χ1n) is 13.0. The average Bonchev–Trinajstić information content (AvgIpc) is 3.23. The molecule has 1 heterocycles. The summed E-state index contributed by atoms with van der Waals surface area (Å²) in [6, 6.07) is 22.6. The smallest absolute Gasteiger partial charge is 0.251 e. The molecule has 36 heavy (non-hydrogen) atoms. The van der Waals surface area contributed by atoms with Gasteiger partial charge in [-0.05, 0) is 74.1 Å². The summed E-state index contributed by atoms with van der Waals surface area (Å²) >= 11 is 0. The molecule has 0 aliphatic heterocycles. The van der Waals surface area contributed by atoms with Gasteiger partial charge in [-0.1, -0.05) is 55.8 Å². The number of nitrogens with zero attached hydrogens (tertiary/aromatic N) is 2. The highest BCUT2D eigenvalue weighted by atomic mass is 16.5. The maximum absolute atomic E-state index is 12.6. The molecule has 0 radical (unpaired) electrons. The Kier molecular flexibility index (Phi) is 8.42. The summed E-state index contributed by atoms with van der Waals surface area (Å²) in [7, 11) is 0. The van der Waals surface area contributed by atoms with E-state index >= 15 is 0 Å². The van der Waals surface area contributed by atoms with Crippen LogP contribution in [0.3, 0.4) is 0 Å². The molecule has 1 amide bonds. The molecule has 0 saturated carbocycles. The number of hydrogen-bond donors (Lipinski definition) is 1. The van der Waals surface area contributed by atoms with Gasteiger partial charge in [0, 0.05) is 18.5 Å². The van der Waals surface area contributed by atoms with Crippen molar-refractivity contribution in [3.8, 4) is 5.75 Å². The summed E-state index contributed by atoms with van der Waals surface area (Å²) in [5.74, 6) is 2.45. The molecule has 0 spiro atoms. The van der Waals surface area contributed by atoms with Gasteiger partial charge in [-0.3, -0.25) is 4.79 Å². The number of ether oxygens (including phenoxy) is 1. The molecule has 4 aromatic rings. The topological polar surface area (TPSA) is 56.1 Å². The maximum Gasteiger partial charge on any atom is 0.251 e. The number of nitrogens with one attached hydrogen (secondary N) is 1. The van der Waals surface area contributed by atoms with Gasteiger partial charge >= 0.3 is 0 Å². The van der Waals surface area contributed by atoms with Gasteiger partial charge in [-0.2, -0.15) is 0 Å². The number of carbonyl (C=O) groups is 1. The van der Waals surface area contributed by atoms with Gasteiger partial charge in [-0.25, -0.2) is 4.98 Å². The minimum atomic E-state index is -0.0197. The van der Waals surface area contributed by atoms with Crippen molar-refractivity contribution in [2.24, 2.45) is 0 Å². The first kappa shape index (κ1) is 25.5. The van der Waals surface area contributed by atoms with Crippen LogP contribution in [0.5, 0.6) is 5.75 Å². The zero-order valence-electron chi connectivity index (χ0n) is 21.9. The minimum absolute atomic E-state index is 0.0197. The van der Waals surface area contributed by atoms with Crippen molar-refractivity contribution in [2.45, 2.75) is 59.4 Å². The fraction of sp³-hybridized carbons (Fsp3) is 0.355. The number of aromatic nitrogens is 2. The van der Waals surface area contributed by atoms with E-state index < -0.39 is 0 Å². The maximum atomic E-state index is 12.6. The van der Waals surface area contributed by atoms with Gasteiger partial charge in [-0.15, -0.1) is 0 Å². The van der Waals surface area contributed by atoms with E-state index in [1.54, 1.807) is 0 Å². The number of fused-ring (bicyclic) bond motifs is 1. The van der Waals surface area contributed by atoms with Crippen molar-refractivity contribution in [3.05, 3.63) is 94.8 Å². The molecule has 5 heteroatoms. The third-order valence-corrected chi connectivity index (χ3v) is 6.87. The van der Waals surface area contributed by atoms with Gasteiger partial charge in [0.15, 0.2) is 0 Å². The van der Waals surface area contributed by atoms with Crippen LogP contribution in [-0.2, 0) is 13.0 Å². The Bertz CT molecular complexity index is 1310. The summed E-state index contributed by atoms with van der Waals surface area (Å²) in [4.78, 5) is 17.5. The number of amides is 1. The van der Waals surface area contributed by atoms with Crippen LogP contribution < -0.4 is 10.1 Å². The lowest BCUT2D eigenvalue weighted by molar-refractivity contribution is 0.0952. The van der Waals surface area contributed by atoms with E-state index in [1.165, 1.54) is 5.56 Å². The van der Waals surface area contributed by atoms with E-state index in [0.717, 1.165) is 65.1 Å². The fourth-order valence-electron chi connectivity index (χ4n) is 4.56. The standard InChI is InChI=1S/C31H37N3O2/c1-5-23(3)25-13-15-26(16-14-25)36-20-19-34-29-10-7-6-9-28(29)33-30(34)11-8-18-32-31(35)27-17-12-22(2)21-24(27)4/h6-7,9-10,12-17,21,23H,5,8,11,18-20H2,1-4H3,(H,32,35). The molecule has 3 aromatic carbocycles. The van der Waals surface area contributed by atoms with Gasteiger partial charge in [0.2, 0.25) is 0 Å². The molecule has 0 saturated heterocycles. The summed E-state index contributed by atoms with van der Waals surface area (Å²) in [6.07, 6.45) is 2.73. The van der Waals surface area contributed by atoms with Crippen molar-refractivity contribution in [1.29, 1.82) is 0 Å². The van der Waals surface area contributed by atoms with E-state index in [1.807, 2.05) is 50.2 Å². The molecular weight excluding hydrogens is 446 g/mol. The number of rotatable bonds is 11. The SMILES string of the molecule is CCC(C)c1ccc(OCCn2c(CCCNC(=O)c3ccc(C)cc3C)nc3ccccc32)cc1. The number of imidazole rings is 1. The van der Waals surface area contributed by atoms with Crippen molar-refractivity contribution in [2.75, 3.05) is 13.2 Å². The third kappa shape index (κ3) is 6.14. The summed E-state index contributed by atoms with van der Waals surface area (Å²) in [6.45, 7) is 10.4. The monoisotopic (exact) mass is 483 g/mol. The highest BCUT2D eigenvalue weighted by molar-refractivity contribution is 5.95. The van der Waals surface area contributed by atoms with Crippen LogP contribution in [0.4, 0.5) is 0 Å². The van der Waals surface area contributed by atoms with Gasteiger partial charge in [0.25, 0.3) is 5.91 Å². The second kappa shape index (κ2) is 11.9. The lowest BCUT2D eigenvalue weighted by atomic mass is 9.99. The molecular formula is C31H37N3O2. The van der Waals surface area contributed by atoms with E-state index in [-0.39, 0.29) is 5.91 Å². The summed E-state index contributed by atoms with van der Waals surface area (Å²) in [5.41, 5.74) is 6.35. The second-order valence-corrected chi connectivity index (χ2v) is 9.57. The normalized spacial score (nSPS) is 12.0. The number of carbonyl (C=O) groups excluding carboxylic acids is 1. The van der Waals surface area contributed by atoms with Crippen molar-refractivity contribution >= 4 is 16.9 Å². The molecule has 0 aliphatic rings. The van der Waals surface area contributed by atoms with E-state index in [2.05, 4.69) is 54.1 Å². The van der Waals surface area contributed by atoms with Gasteiger partial charge < -0.3 is 14.6 Å². The number of hydrogen-bond acceptors (Lipinski definition) is 3. The molecule has 1 aromatic heterocycles. The van der Waals surface area contributed by atoms with E-state index in [0.29, 0.717) is 19.1 Å². The Labute approximate surface area is 214 Å². The number of aryl methyl sites for hydroxylation is 3. The highest BCUT2D eigenvalue weighted by Gasteiger charge is 2.12. The van der Waals surface area contributed by atoms with Crippen LogP contribution in [0.1, 0.15) is 65.5 Å². The Morgan fingerprint density at radius 2 is 1.83 bits per heavy atom. The predicted octanol–water partition coefficient (Wildman–Crippen LogP) is 6.61. The second-order valence-electron chi connectivity index (χ2n) is 9.57. The Hall–Kier alpha value is -3.60. The Morgan fingerprint density at radius 1 is 1.06 bits per heavy atom. The Morgan fingerprint density at radius 3 is 2.58 bits per heavy atom.